The summed E-state index contributed by atoms with van der Waals surface area (Å²) < 4.78 is 0. The summed E-state index contributed by atoms with van der Waals surface area (Å²) in [5.41, 5.74) is 2.53. The highest BCUT2D eigenvalue weighted by Gasteiger charge is 2.13. The molecule has 1 aliphatic rings. The second kappa shape index (κ2) is 3.65. The minimum Gasteiger partial charge on any atom is -0.512 e. The van der Waals surface area contributed by atoms with E-state index in [2.05, 4.69) is 12.1 Å². The van der Waals surface area contributed by atoms with Crippen molar-refractivity contribution in [1.82, 2.24) is 0 Å². The van der Waals surface area contributed by atoms with Gasteiger partial charge in [-0.15, -0.1) is 0 Å². The summed E-state index contributed by atoms with van der Waals surface area (Å²) >= 11 is 0. The maximum absolute atomic E-state index is 9.53. The van der Waals surface area contributed by atoms with Crippen LogP contribution in [0.5, 0.6) is 0 Å². The molecule has 0 saturated carbocycles. The molecular weight excluding hydrogens is 160 g/mol. The van der Waals surface area contributed by atoms with Crippen LogP contribution in [0.25, 0.3) is 0 Å². The van der Waals surface area contributed by atoms with Crippen molar-refractivity contribution in [3.63, 3.8) is 0 Å². The molecule has 0 saturated heterocycles. The number of aliphatic hydroxyl groups is 1. The van der Waals surface area contributed by atoms with Crippen LogP contribution in [0.4, 0.5) is 0 Å². The molecule has 0 radical (unpaired) electrons. The Bertz CT molecular complexity index is 311. The maximum Gasteiger partial charge on any atom is 0.0918 e. The van der Waals surface area contributed by atoms with Crippen LogP contribution in [0.2, 0.25) is 0 Å². The van der Waals surface area contributed by atoms with E-state index in [1.807, 2.05) is 18.2 Å². The first kappa shape index (κ1) is 8.36. The molecule has 0 spiro atoms. The Morgan fingerprint density at radius 1 is 1.08 bits per heavy atom. The Morgan fingerprint density at radius 2 is 1.85 bits per heavy atom. The number of aliphatic hydroxyl groups excluding tert-OH is 1. The van der Waals surface area contributed by atoms with Gasteiger partial charge in [-0.25, -0.2) is 0 Å². The van der Waals surface area contributed by atoms with Crippen molar-refractivity contribution >= 4 is 0 Å². The first-order valence-corrected chi connectivity index (χ1v) is 4.80. The topological polar surface area (TPSA) is 20.2 Å². The van der Waals surface area contributed by atoms with Gasteiger partial charge >= 0.3 is 0 Å². The monoisotopic (exact) mass is 174 g/mol. The van der Waals surface area contributed by atoms with Gasteiger partial charge in [0, 0.05) is 6.42 Å². The van der Waals surface area contributed by atoms with Gasteiger partial charge in [0.15, 0.2) is 0 Å². The molecule has 13 heavy (non-hydrogen) atoms. The lowest BCUT2D eigenvalue weighted by Gasteiger charge is -2.02. The van der Waals surface area contributed by atoms with E-state index < -0.39 is 0 Å². The predicted molar refractivity (Wildman–Crippen MR) is 53.7 cm³/mol. The van der Waals surface area contributed by atoms with E-state index in [4.69, 9.17) is 0 Å². The standard InChI is InChI=1S/C12H14O/c13-12-8-4-7-11(12)9-10-5-2-1-3-6-10/h1-3,5-6,13H,4,7-9H2. The van der Waals surface area contributed by atoms with Crippen molar-refractivity contribution in [3.05, 3.63) is 47.2 Å². The first-order chi connectivity index (χ1) is 6.36. The lowest BCUT2D eigenvalue weighted by atomic mass is 10.0. The van der Waals surface area contributed by atoms with E-state index >= 15 is 0 Å². The fourth-order valence-electron chi connectivity index (χ4n) is 1.82. The van der Waals surface area contributed by atoms with Crippen LogP contribution in [0.3, 0.4) is 0 Å². The van der Waals surface area contributed by atoms with Crippen molar-refractivity contribution in [2.45, 2.75) is 25.7 Å². The number of rotatable bonds is 2. The van der Waals surface area contributed by atoms with Crippen LogP contribution in [0.15, 0.2) is 41.7 Å². The molecule has 1 heteroatoms. The van der Waals surface area contributed by atoms with Crippen LogP contribution in [0, 0.1) is 0 Å². The molecule has 1 N–H and O–H groups in total. The fourth-order valence-corrected chi connectivity index (χ4v) is 1.82. The summed E-state index contributed by atoms with van der Waals surface area (Å²) in [6, 6.07) is 10.3. The summed E-state index contributed by atoms with van der Waals surface area (Å²) in [5.74, 6) is 0.629. The lowest BCUT2D eigenvalue weighted by Crippen LogP contribution is -1.89. The van der Waals surface area contributed by atoms with Crippen LogP contribution >= 0.6 is 0 Å². The molecule has 2 rings (SSSR count). The molecule has 68 valence electrons. The Kier molecular flexibility index (Phi) is 2.35. The number of hydrogen-bond donors (Lipinski definition) is 1. The van der Waals surface area contributed by atoms with Gasteiger partial charge in [0.2, 0.25) is 0 Å². The normalized spacial score (nSPS) is 16.6. The fraction of sp³-hybridized carbons (Fsp3) is 0.333. The van der Waals surface area contributed by atoms with E-state index in [0.29, 0.717) is 5.76 Å². The van der Waals surface area contributed by atoms with E-state index in [0.717, 1.165) is 25.7 Å². The minimum absolute atomic E-state index is 0.629. The van der Waals surface area contributed by atoms with Crippen molar-refractivity contribution in [2.24, 2.45) is 0 Å². The highest BCUT2D eigenvalue weighted by Crippen LogP contribution is 2.26. The van der Waals surface area contributed by atoms with Crippen LogP contribution in [-0.2, 0) is 6.42 Å². The van der Waals surface area contributed by atoms with E-state index in [-0.39, 0.29) is 0 Å². The third-order valence-electron chi connectivity index (χ3n) is 2.56. The van der Waals surface area contributed by atoms with Gasteiger partial charge in [-0.1, -0.05) is 30.3 Å². The van der Waals surface area contributed by atoms with E-state index in [1.54, 1.807) is 0 Å². The van der Waals surface area contributed by atoms with Gasteiger partial charge < -0.3 is 5.11 Å². The Hall–Kier alpha value is -1.24. The molecule has 1 aliphatic carbocycles. The minimum atomic E-state index is 0.629. The van der Waals surface area contributed by atoms with Crippen molar-refractivity contribution < 1.29 is 5.11 Å². The maximum atomic E-state index is 9.53. The zero-order valence-corrected chi connectivity index (χ0v) is 7.66. The zero-order valence-electron chi connectivity index (χ0n) is 7.66. The summed E-state index contributed by atoms with van der Waals surface area (Å²) in [5, 5.41) is 9.53. The average molecular weight is 174 g/mol. The smallest absolute Gasteiger partial charge is 0.0918 e. The molecule has 1 nitrogen and oxygen atoms in total. The summed E-state index contributed by atoms with van der Waals surface area (Å²) in [6.07, 6.45) is 3.99. The summed E-state index contributed by atoms with van der Waals surface area (Å²) in [7, 11) is 0. The SMILES string of the molecule is OC1=C(Cc2ccccc2)CCC1. The molecule has 0 aromatic heterocycles. The Morgan fingerprint density at radius 3 is 2.46 bits per heavy atom. The largest absolute Gasteiger partial charge is 0.512 e. The molecule has 0 atom stereocenters. The van der Waals surface area contributed by atoms with Gasteiger partial charge in [-0.2, -0.15) is 0 Å². The van der Waals surface area contributed by atoms with Crippen molar-refractivity contribution in [1.29, 1.82) is 0 Å². The second-order valence-electron chi connectivity index (χ2n) is 3.57. The number of allylic oxidation sites excluding steroid dienone is 2. The zero-order chi connectivity index (χ0) is 9.10. The highest BCUT2D eigenvalue weighted by molar-refractivity contribution is 5.25. The highest BCUT2D eigenvalue weighted by atomic mass is 16.3. The second-order valence-corrected chi connectivity index (χ2v) is 3.57. The molecule has 0 fully saturated rings. The molecular formula is C12H14O. The van der Waals surface area contributed by atoms with Crippen molar-refractivity contribution in [3.8, 4) is 0 Å². The Labute approximate surface area is 78.7 Å². The van der Waals surface area contributed by atoms with Crippen LogP contribution < -0.4 is 0 Å². The average Bonchev–Trinajstić information content (AvgIpc) is 2.54. The Balaban J connectivity index is 2.11. The third kappa shape index (κ3) is 1.92. The van der Waals surface area contributed by atoms with Crippen molar-refractivity contribution in [2.75, 3.05) is 0 Å². The van der Waals surface area contributed by atoms with Gasteiger partial charge in [0.25, 0.3) is 0 Å². The van der Waals surface area contributed by atoms with Gasteiger partial charge in [-0.3, -0.25) is 0 Å². The summed E-state index contributed by atoms with van der Waals surface area (Å²) in [6.45, 7) is 0. The van der Waals surface area contributed by atoms with E-state index in [9.17, 15) is 5.11 Å². The van der Waals surface area contributed by atoms with E-state index in [1.165, 1.54) is 11.1 Å². The third-order valence-corrected chi connectivity index (χ3v) is 2.56. The predicted octanol–water partition coefficient (Wildman–Crippen LogP) is 3.23. The molecule has 1 aromatic carbocycles. The number of benzene rings is 1. The van der Waals surface area contributed by atoms with Crippen LogP contribution in [0.1, 0.15) is 24.8 Å². The molecule has 0 amide bonds. The molecule has 1 aromatic rings. The van der Waals surface area contributed by atoms with Gasteiger partial charge in [-0.05, 0) is 30.4 Å². The number of hydrogen-bond acceptors (Lipinski definition) is 1. The lowest BCUT2D eigenvalue weighted by molar-refractivity contribution is 0.392. The first-order valence-electron chi connectivity index (χ1n) is 4.80. The molecule has 0 unspecified atom stereocenters. The van der Waals surface area contributed by atoms with Crippen LogP contribution in [-0.4, -0.2) is 5.11 Å². The molecule has 0 aliphatic heterocycles. The molecule has 0 bridgehead atoms. The quantitative estimate of drug-likeness (QED) is 0.729. The van der Waals surface area contributed by atoms with Gasteiger partial charge in [0.05, 0.1) is 5.76 Å². The summed E-state index contributed by atoms with van der Waals surface area (Å²) in [4.78, 5) is 0. The molecule has 0 heterocycles. The van der Waals surface area contributed by atoms with Gasteiger partial charge in [0.1, 0.15) is 0 Å².